The van der Waals surface area contributed by atoms with Crippen molar-refractivity contribution in [3.63, 3.8) is 0 Å². The maximum Gasteiger partial charge on any atom is 0.320 e. The van der Waals surface area contributed by atoms with Gasteiger partial charge in [-0.25, -0.2) is 4.79 Å². The SMILES string of the molecule is CCOCCCN1CC2CNCCN2C1=O. The van der Waals surface area contributed by atoms with E-state index in [1.807, 2.05) is 16.7 Å². The van der Waals surface area contributed by atoms with Gasteiger partial charge in [-0.05, 0) is 13.3 Å². The minimum atomic E-state index is 0.211. The molecule has 0 aliphatic carbocycles. The van der Waals surface area contributed by atoms with Crippen molar-refractivity contribution in [2.75, 3.05) is 45.9 Å². The molecule has 1 unspecified atom stereocenters. The van der Waals surface area contributed by atoms with Crippen LogP contribution in [-0.2, 0) is 4.74 Å². The van der Waals surface area contributed by atoms with E-state index in [0.29, 0.717) is 6.04 Å². The first-order valence-electron chi connectivity index (χ1n) is 6.17. The number of carbonyl (C=O) groups is 1. The number of rotatable bonds is 5. The predicted molar refractivity (Wildman–Crippen MR) is 61.4 cm³/mol. The summed E-state index contributed by atoms with van der Waals surface area (Å²) in [7, 11) is 0. The molecule has 5 nitrogen and oxygen atoms in total. The summed E-state index contributed by atoms with van der Waals surface area (Å²) in [6, 6.07) is 0.594. The lowest BCUT2D eigenvalue weighted by Crippen LogP contribution is -2.49. The molecule has 0 aromatic carbocycles. The summed E-state index contributed by atoms with van der Waals surface area (Å²) in [4.78, 5) is 15.9. The molecule has 2 aliphatic heterocycles. The van der Waals surface area contributed by atoms with Crippen LogP contribution in [0, 0.1) is 0 Å². The van der Waals surface area contributed by atoms with Gasteiger partial charge in [0.05, 0.1) is 6.04 Å². The summed E-state index contributed by atoms with van der Waals surface area (Å²) in [5.41, 5.74) is 0. The number of nitrogens with one attached hydrogen (secondary N) is 1. The molecule has 0 spiro atoms. The van der Waals surface area contributed by atoms with Crippen molar-refractivity contribution in [1.29, 1.82) is 0 Å². The average molecular weight is 227 g/mol. The number of urea groups is 1. The fraction of sp³-hybridized carbons (Fsp3) is 0.909. The molecule has 5 heteroatoms. The van der Waals surface area contributed by atoms with Crippen molar-refractivity contribution in [2.45, 2.75) is 19.4 Å². The van der Waals surface area contributed by atoms with Gasteiger partial charge < -0.3 is 19.9 Å². The van der Waals surface area contributed by atoms with Crippen molar-refractivity contribution in [3.05, 3.63) is 0 Å². The van der Waals surface area contributed by atoms with Crippen LogP contribution >= 0.6 is 0 Å². The van der Waals surface area contributed by atoms with Crippen LogP contribution in [0.4, 0.5) is 4.79 Å². The van der Waals surface area contributed by atoms with Crippen molar-refractivity contribution in [1.82, 2.24) is 15.1 Å². The van der Waals surface area contributed by atoms with Gasteiger partial charge in [-0.3, -0.25) is 0 Å². The fourth-order valence-electron chi connectivity index (χ4n) is 2.38. The van der Waals surface area contributed by atoms with E-state index in [0.717, 1.165) is 52.4 Å². The lowest BCUT2D eigenvalue weighted by atomic mass is 10.2. The summed E-state index contributed by atoms with van der Waals surface area (Å²) in [5, 5.41) is 3.33. The number of hydrogen-bond acceptors (Lipinski definition) is 3. The normalized spacial score (nSPS) is 25.1. The first kappa shape index (κ1) is 11.7. The zero-order valence-electron chi connectivity index (χ0n) is 9.95. The number of amides is 2. The van der Waals surface area contributed by atoms with Gasteiger partial charge in [-0.1, -0.05) is 0 Å². The summed E-state index contributed by atoms with van der Waals surface area (Å²) in [6.07, 6.45) is 0.938. The topological polar surface area (TPSA) is 44.8 Å². The summed E-state index contributed by atoms with van der Waals surface area (Å²) in [5.74, 6) is 0. The molecule has 2 saturated heterocycles. The highest BCUT2D eigenvalue weighted by Gasteiger charge is 2.37. The lowest BCUT2D eigenvalue weighted by molar-refractivity contribution is 0.135. The van der Waals surface area contributed by atoms with Gasteiger partial charge in [0.2, 0.25) is 0 Å². The standard InChI is InChI=1S/C11H21N3O2/c1-2-16-7-3-5-13-9-10-8-12-4-6-14(10)11(13)15/h10,12H,2-9H2,1H3. The van der Waals surface area contributed by atoms with Crippen LogP contribution in [0.15, 0.2) is 0 Å². The van der Waals surface area contributed by atoms with Crippen LogP contribution in [0.3, 0.4) is 0 Å². The fourth-order valence-corrected chi connectivity index (χ4v) is 2.38. The molecule has 92 valence electrons. The molecule has 0 saturated carbocycles. The second-order valence-electron chi connectivity index (χ2n) is 4.33. The Morgan fingerprint density at radius 1 is 1.56 bits per heavy atom. The second-order valence-corrected chi connectivity index (χ2v) is 4.33. The highest BCUT2D eigenvalue weighted by Crippen LogP contribution is 2.17. The Kier molecular flexibility index (Phi) is 4.01. The van der Waals surface area contributed by atoms with Crippen LogP contribution in [0.5, 0.6) is 0 Å². The Hall–Kier alpha value is -0.810. The Balaban J connectivity index is 1.76. The Labute approximate surface area is 96.7 Å². The lowest BCUT2D eigenvalue weighted by Gasteiger charge is -2.28. The van der Waals surface area contributed by atoms with Crippen LogP contribution in [0.2, 0.25) is 0 Å². The molecular weight excluding hydrogens is 206 g/mol. The van der Waals surface area contributed by atoms with E-state index in [1.54, 1.807) is 0 Å². The molecule has 0 radical (unpaired) electrons. The molecule has 16 heavy (non-hydrogen) atoms. The molecule has 2 rings (SSSR count). The maximum absolute atomic E-state index is 12.0. The van der Waals surface area contributed by atoms with Gasteiger partial charge >= 0.3 is 6.03 Å². The van der Waals surface area contributed by atoms with Crippen LogP contribution in [-0.4, -0.2) is 67.8 Å². The highest BCUT2D eigenvalue weighted by molar-refractivity contribution is 5.77. The molecule has 2 amide bonds. The van der Waals surface area contributed by atoms with Gasteiger partial charge in [0, 0.05) is 45.9 Å². The van der Waals surface area contributed by atoms with E-state index in [4.69, 9.17) is 4.74 Å². The number of ether oxygens (including phenoxy) is 1. The van der Waals surface area contributed by atoms with Gasteiger partial charge in [0.25, 0.3) is 0 Å². The Bertz CT molecular complexity index is 247. The molecule has 0 aromatic rings. The first-order valence-corrected chi connectivity index (χ1v) is 6.17. The number of piperazine rings is 1. The third-order valence-electron chi connectivity index (χ3n) is 3.22. The van der Waals surface area contributed by atoms with Gasteiger partial charge in [-0.2, -0.15) is 0 Å². The highest BCUT2D eigenvalue weighted by atomic mass is 16.5. The van der Waals surface area contributed by atoms with Crippen LogP contribution < -0.4 is 5.32 Å². The van der Waals surface area contributed by atoms with Crippen molar-refractivity contribution < 1.29 is 9.53 Å². The van der Waals surface area contributed by atoms with E-state index in [9.17, 15) is 4.79 Å². The van der Waals surface area contributed by atoms with Crippen molar-refractivity contribution in [2.24, 2.45) is 0 Å². The number of fused-ring (bicyclic) bond motifs is 1. The maximum atomic E-state index is 12.0. The molecule has 1 N–H and O–H groups in total. The average Bonchev–Trinajstić information content (AvgIpc) is 2.63. The van der Waals surface area contributed by atoms with Crippen molar-refractivity contribution >= 4 is 6.03 Å². The molecular formula is C11H21N3O2. The quantitative estimate of drug-likeness (QED) is 0.679. The van der Waals surface area contributed by atoms with Crippen molar-refractivity contribution in [3.8, 4) is 0 Å². The number of nitrogens with zero attached hydrogens (tertiary/aromatic N) is 2. The molecule has 0 aromatic heterocycles. The smallest absolute Gasteiger partial charge is 0.320 e. The van der Waals surface area contributed by atoms with Gasteiger partial charge in [0.1, 0.15) is 0 Å². The first-order chi connectivity index (χ1) is 7.83. The zero-order valence-corrected chi connectivity index (χ0v) is 9.95. The summed E-state index contributed by atoms with van der Waals surface area (Å²) < 4.78 is 5.28. The Morgan fingerprint density at radius 2 is 2.44 bits per heavy atom. The monoisotopic (exact) mass is 227 g/mol. The zero-order chi connectivity index (χ0) is 11.4. The van der Waals surface area contributed by atoms with Gasteiger partial charge in [0.15, 0.2) is 0 Å². The van der Waals surface area contributed by atoms with Crippen LogP contribution in [0.25, 0.3) is 0 Å². The van der Waals surface area contributed by atoms with E-state index >= 15 is 0 Å². The molecule has 0 bridgehead atoms. The third-order valence-corrected chi connectivity index (χ3v) is 3.22. The number of carbonyl (C=O) groups excluding carboxylic acids is 1. The number of hydrogen-bond donors (Lipinski definition) is 1. The third kappa shape index (κ3) is 2.47. The largest absolute Gasteiger partial charge is 0.382 e. The van der Waals surface area contributed by atoms with E-state index in [1.165, 1.54) is 0 Å². The molecule has 2 fully saturated rings. The summed E-state index contributed by atoms with van der Waals surface area (Å²) in [6.45, 7) is 7.92. The molecule has 2 heterocycles. The van der Waals surface area contributed by atoms with Gasteiger partial charge in [-0.15, -0.1) is 0 Å². The minimum Gasteiger partial charge on any atom is -0.382 e. The Morgan fingerprint density at radius 3 is 3.19 bits per heavy atom. The molecule has 1 atom stereocenters. The van der Waals surface area contributed by atoms with E-state index < -0.39 is 0 Å². The second kappa shape index (κ2) is 5.50. The minimum absolute atomic E-state index is 0.211. The molecule has 2 aliphatic rings. The summed E-state index contributed by atoms with van der Waals surface area (Å²) >= 11 is 0. The van der Waals surface area contributed by atoms with E-state index in [-0.39, 0.29) is 6.03 Å². The van der Waals surface area contributed by atoms with Crippen LogP contribution in [0.1, 0.15) is 13.3 Å². The predicted octanol–water partition coefficient (Wildman–Crippen LogP) is 0.122. The van der Waals surface area contributed by atoms with E-state index in [2.05, 4.69) is 5.32 Å².